The molecule has 0 unspecified atom stereocenters. The Balaban J connectivity index is 1.36. The van der Waals surface area contributed by atoms with E-state index in [0.717, 1.165) is 40.6 Å². The summed E-state index contributed by atoms with van der Waals surface area (Å²) in [5.74, 6) is 1.50. The molecule has 0 spiro atoms. The van der Waals surface area contributed by atoms with E-state index >= 15 is 0 Å². The molecule has 0 aliphatic heterocycles. The lowest BCUT2D eigenvalue weighted by Gasteiger charge is -2.25. The molecular formula is C31H34N4OS. The first kappa shape index (κ1) is 25.3. The maximum Gasteiger partial charge on any atom is 0.234 e. The molecule has 0 saturated heterocycles. The van der Waals surface area contributed by atoms with Crippen molar-refractivity contribution in [2.45, 2.75) is 63.1 Å². The van der Waals surface area contributed by atoms with Gasteiger partial charge in [0.05, 0.1) is 5.75 Å². The number of anilines is 1. The van der Waals surface area contributed by atoms with Crippen LogP contribution >= 0.6 is 11.8 Å². The molecule has 5 nitrogen and oxygen atoms in total. The van der Waals surface area contributed by atoms with Gasteiger partial charge in [-0.15, -0.1) is 10.2 Å². The molecular weight excluding hydrogens is 476 g/mol. The highest BCUT2D eigenvalue weighted by Crippen LogP contribution is 2.36. The summed E-state index contributed by atoms with van der Waals surface area (Å²) in [4.78, 5) is 12.9. The molecule has 5 rings (SSSR count). The highest BCUT2D eigenvalue weighted by Gasteiger charge is 2.24. The van der Waals surface area contributed by atoms with Gasteiger partial charge in [0.1, 0.15) is 0 Å². The lowest BCUT2D eigenvalue weighted by Crippen LogP contribution is -2.18. The molecule has 1 saturated carbocycles. The third-order valence-electron chi connectivity index (χ3n) is 7.04. The topological polar surface area (TPSA) is 59.8 Å². The largest absolute Gasteiger partial charge is 0.325 e. The first-order valence-electron chi connectivity index (χ1n) is 13.2. The Hall–Kier alpha value is -3.38. The second kappa shape index (κ2) is 11.8. The van der Waals surface area contributed by atoms with Crippen molar-refractivity contribution in [3.8, 4) is 22.5 Å². The van der Waals surface area contributed by atoms with Gasteiger partial charge in [0.15, 0.2) is 11.0 Å². The molecule has 4 aromatic rings. The van der Waals surface area contributed by atoms with Crippen LogP contribution in [-0.2, 0) is 4.79 Å². The number of hydrogen-bond donors (Lipinski definition) is 1. The predicted octanol–water partition coefficient (Wildman–Crippen LogP) is 7.97. The van der Waals surface area contributed by atoms with Crippen LogP contribution in [0.1, 0.15) is 63.5 Å². The van der Waals surface area contributed by atoms with E-state index in [-0.39, 0.29) is 5.91 Å². The quantitative estimate of drug-likeness (QED) is 0.244. The number of nitrogens with one attached hydrogen (secondary N) is 1. The van der Waals surface area contributed by atoms with E-state index < -0.39 is 0 Å². The number of benzene rings is 3. The van der Waals surface area contributed by atoms with Crippen LogP contribution in [0.5, 0.6) is 0 Å². The molecule has 1 N–H and O–H groups in total. The van der Waals surface area contributed by atoms with Crippen LogP contribution in [0.15, 0.2) is 84.0 Å². The number of amides is 1. The summed E-state index contributed by atoms with van der Waals surface area (Å²) in [5.41, 5.74) is 5.47. The number of carbonyl (C=O) groups excluding carboxylic acids is 1. The Morgan fingerprint density at radius 3 is 2.24 bits per heavy atom. The van der Waals surface area contributed by atoms with Crippen molar-refractivity contribution in [2.75, 3.05) is 11.1 Å². The first-order valence-corrected chi connectivity index (χ1v) is 14.2. The van der Waals surface area contributed by atoms with Crippen LogP contribution in [0.2, 0.25) is 0 Å². The fourth-order valence-corrected chi connectivity index (χ4v) is 5.92. The standard InChI is InChI=1S/C31H34N4OS/c1-22(2)27-15-9-10-16-28(27)32-29(36)21-37-31-34-33-30(35(31)26-13-7-4-8-14-26)25-19-17-24(18-20-25)23-11-5-3-6-12-23/h3,5-6,9-12,15-20,22,26H,4,7-8,13-14,21H2,1-2H3,(H,32,36). The van der Waals surface area contributed by atoms with Gasteiger partial charge in [0.25, 0.3) is 0 Å². The van der Waals surface area contributed by atoms with E-state index in [1.807, 2.05) is 24.3 Å². The zero-order valence-corrected chi connectivity index (χ0v) is 22.4. The lowest BCUT2D eigenvalue weighted by atomic mass is 9.95. The van der Waals surface area contributed by atoms with Crippen molar-refractivity contribution in [3.63, 3.8) is 0 Å². The fraction of sp³-hybridized carbons (Fsp3) is 0.323. The Morgan fingerprint density at radius 2 is 1.51 bits per heavy atom. The smallest absolute Gasteiger partial charge is 0.234 e. The average Bonchev–Trinajstić information content (AvgIpc) is 3.37. The molecule has 1 amide bonds. The highest BCUT2D eigenvalue weighted by atomic mass is 32.2. The molecule has 0 atom stereocenters. The van der Waals surface area contributed by atoms with Crippen molar-refractivity contribution in [3.05, 3.63) is 84.4 Å². The maximum absolute atomic E-state index is 12.9. The Bertz CT molecular complexity index is 1330. The van der Waals surface area contributed by atoms with Crippen LogP contribution in [0.3, 0.4) is 0 Å². The molecule has 0 bridgehead atoms. The SMILES string of the molecule is CC(C)c1ccccc1NC(=O)CSc1nnc(-c2ccc(-c3ccccc3)cc2)n1C1CCCCC1. The number of carbonyl (C=O) groups is 1. The Morgan fingerprint density at radius 1 is 0.865 bits per heavy atom. The minimum Gasteiger partial charge on any atom is -0.325 e. The van der Waals surface area contributed by atoms with Gasteiger partial charge in [-0.2, -0.15) is 0 Å². The van der Waals surface area contributed by atoms with Gasteiger partial charge in [-0.1, -0.05) is 118 Å². The zero-order valence-electron chi connectivity index (χ0n) is 21.6. The van der Waals surface area contributed by atoms with E-state index in [4.69, 9.17) is 0 Å². The fourth-order valence-electron chi connectivity index (χ4n) is 5.11. The number of aromatic nitrogens is 3. The molecule has 1 heterocycles. The van der Waals surface area contributed by atoms with Gasteiger partial charge >= 0.3 is 0 Å². The molecule has 1 aromatic heterocycles. The molecule has 1 aliphatic rings. The van der Waals surface area contributed by atoms with Crippen LogP contribution < -0.4 is 5.32 Å². The van der Waals surface area contributed by atoms with E-state index in [2.05, 4.69) is 88.5 Å². The zero-order chi connectivity index (χ0) is 25.6. The first-order chi connectivity index (χ1) is 18.1. The van der Waals surface area contributed by atoms with Crippen LogP contribution in [0, 0.1) is 0 Å². The van der Waals surface area contributed by atoms with Gasteiger partial charge in [-0.05, 0) is 41.5 Å². The average molecular weight is 511 g/mol. The van der Waals surface area contributed by atoms with Crippen molar-refractivity contribution in [1.82, 2.24) is 14.8 Å². The summed E-state index contributed by atoms with van der Waals surface area (Å²) in [5, 5.41) is 13.1. The van der Waals surface area contributed by atoms with Crippen molar-refractivity contribution >= 4 is 23.4 Å². The van der Waals surface area contributed by atoms with Crippen LogP contribution in [-0.4, -0.2) is 26.4 Å². The van der Waals surface area contributed by atoms with Gasteiger partial charge in [-0.3, -0.25) is 9.36 Å². The summed E-state index contributed by atoms with van der Waals surface area (Å²) < 4.78 is 2.29. The third-order valence-corrected chi connectivity index (χ3v) is 7.99. The second-order valence-electron chi connectivity index (χ2n) is 9.99. The normalized spacial score (nSPS) is 14.1. The summed E-state index contributed by atoms with van der Waals surface area (Å²) in [6, 6.07) is 27.4. The minimum atomic E-state index is -0.0231. The molecule has 3 aromatic carbocycles. The predicted molar refractivity (Wildman–Crippen MR) is 153 cm³/mol. The van der Waals surface area contributed by atoms with Gasteiger partial charge in [0.2, 0.25) is 5.91 Å². The van der Waals surface area contributed by atoms with E-state index in [0.29, 0.717) is 17.7 Å². The number of hydrogen-bond acceptors (Lipinski definition) is 4. The van der Waals surface area contributed by atoms with Crippen molar-refractivity contribution in [1.29, 1.82) is 0 Å². The van der Waals surface area contributed by atoms with Gasteiger partial charge < -0.3 is 5.32 Å². The van der Waals surface area contributed by atoms with E-state index in [1.54, 1.807) is 0 Å². The van der Waals surface area contributed by atoms with Gasteiger partial charge in [0, 0.05) is 17.3 Å². The van der Waals surface area contributed by atoms with Crippen molar-refractivity contribution < 1.29 is 4.79 Å². The lowest BCUT2D eigenvalue weighted by molar-refractivity contribution is -0.113. The maximum atomic E-state index is 12.9. The van der Waals surface area contributed by atoms with Gasteiger partial charge in [-0.25, -0.2) is 0 Å². The molecule has 37 heavy (non-hydrogen) atoms. The van der Waals surface area contributed by atoms with Crippen LogP contribution in [0.25, 0.3) is 22.5 Å². The van der Waals surface area contributed by atoms with Crippen molar-refractivity contribution in [2.24, 2.45) is 0 Å². The highest BCUT2D eigenvalue weighted by molar-refractivity contribution is 7.99. The van der Waals surface area contributed by atoms with E-state index in [9.17, 15) is 4.79 Å². The third kappa shape index (κ3) is 5.96. The Kier molecular flexibility index (Phi) is 8.05. The Labute approximate surface area is 223 Å². The molecule has 0 radical (unpaired) electrons. The number of para-hydroxylation sites is 1. The number of rotatable bonds is 8. The summed E-state index contributed by atoms with van der Waals surface area (Å²) in [6.07, 6.45) is 5.95. The molecule has 1 aliphatic carbocycles. The summed E-state index contributed by atoms with van der Waals surface area (Å²) in [6.45, 7) is 4.28. The monoisotopic (exact) mass is 510 g/mol. The molecule has 190 valence electrons. The summed E-state index contributed by atoms with van der Waals surface area (Å²) in [7, 11) is 0. The van der Waals surface area contributed by atoms with E-state index in [1.165, 1.54) is 42.2 Å². The number of nitrogens with zero attached hydrogens (tertiary/aromatic N) is 3. The molecule has 6 heteroatoms. The molecule has 1 fully saturated rings. The number of thioether (sulfide) groups is 1. The minimum absolute atomic E-state index is 0.0231. The second-order valence-corrected chi connectivity index (χ2v) is 10.9. The summed E-state index contributed by atoms with van der Waals surface area (Å²) >= 11 is 1.48. The van der Waals surface area contributed by atoms with Crippen LogP contribution in [0.4, 0.5) is 5.69 Å².